The summed E-state index contributed by atoms with van der Waals surface area (Å²) in [6.07, 6.45) is 3.71. The number of ether oxygens (including phenoxy) is 1. The quantitative estimate of drug-likeness (QED) is 0.915. The van der Waals surface area contributed by atoms with E-state index in [1.54, 1.807) is 17.9 Å². The first kappa shape index (κ1) is 15.0. The van der Waals surface area contributed by atoms with Gasteiger partial charge >= 0.3 is 0 Å². The number of hydrogen-bond donors (Lipinski definition) is 1. The summed E-state index contributed by atoms with van der Waals surface area (Å²) < 4.78 is 13.5. The molecule has 0 radical (unpaired) electrons. The average Bonchev–Trinajstić information content (AvgIpc) is 3.06. The van der Waals surface area contributed by atoms with E-state index in [1.165, 1.54) is 0 Å². The minimum absolute atomic E-state index is 0.0209. The molecule has 2 N–H and O–H groups in total. The molecule has 0 aliphatic carbocycles. The van der Waals surface area contributed by atoms with Gasteiger partial charge in [0.25, 0.3) is 5.89 Å². The van der Waals surface area contributed by atoms with E-state index in [1.807, 2.05) is 0 Å². The molecule has 3 rings (SSSR count). The van der Waals surface area contributed by atoms with Crippen LogP contribution in [0.25, 0.3) is 11.5 Å². The second-order valence-corrected chi connectivity index (χ2v) is 6.92. The summed E-state index contributed by atoms with van der Waals surface area (Å²) in [6, 6.07) is 0. The third kappa shape index (κ3) is 2.61. The van der Waals surface area contributed by atoms with Gasteiger partial charge in [0, 0.05) is 13.7 Å². The van der Waals surface area contributed by atoms with Gasteiger partial charge in [-0.2, -0.15) is 5.10 Å². The number of aromatic nitrogens is 4. The number of rotatable bonds is 2. The van der Waals surface area contributed by atoms with Crippen LogP contribution in [0.5, 0.6) is 0 Å². The minimum Gasteiger partial charge on any atom is -0.420 e. The van der Waals surface area contributed by atoms with Crippen molar-refractivity contribution in [1.29, 1.82) is 0 Å². The zero-order chi connectivity index (χ0) is 15.9. The highest BCUT2D eigenvalue weighted by Crippen LogP contribution is 2.40. The van der Waals surface area contributed by atoms with Crippen LogP contribution in [0.15, 0.2) is 10.6 Å². The van der Waals surface area contributed by atoms with Crippen LogP contribution >= 0.6 is 0 Å². The molecule has 0 spiro atoms. The lowest BCUT2D eigenvalue weighted by molar-refractivity contribution is -0.0676. The van der Waals surface area contributed by atoms with E-state index in [0.29, 0.717) is 23.2 Å². The fourth-order valence-electron chi connectivity index (χ4n) is 2.99. The Labute approximate surface area is 129 Å². The molecule has 1 saturated heterocycles. The molecule has 0 bridgehead atoms. The Morgan fingerprint density at radius 1 is 1.32 bits per heavy atom. The van der Waals surface area contributed by atoms with Gasteiger partial charge in [0.2, 0.25) is 5.89 Å². The van der Waals surface area contributed by atoms with Gasteiger partial charge in [-0.1, -0.05) is 20.8 Å². The van der Waals surface area contributed by atoms with Gasteiger partial charge in [0.15, 0.2) is 0 Å². The summed E-state index contributed by atoms with van der Waals surface area (Å²) in [5.74, 6) is 1.67. The van der Waals surface area contributed by atoms with Crippen molar-refractivity contribution in [3.63, 3.8) is 0 Å². The number of nitrogens with zero attached hydrogens (tertiary/aromatic N) is 4. The molecular formula is C15H23N5O2. The molecule has 1 aliphatic heterocycles. The normalized spacial score (nSPS) is 22.9. The molecule has 7 heteroatoms. The molecule has 0 saturated carbocycles. The number of nitrogens with two attached hydrogens (primary N) is 1. The van der Waals surface area contributed by atoms with Crippen LogP contribution in [0.2, 0.25) is 0 Å². The van der Waals surface area contributed by atoms with Gasteiger partial charge in [0.05, 0.1) is 18.2 Å². The van der Waals surface area contributed by atoms with Crippen LogP contribution in [0.3, 0.4) is 0 Å². The molecule has 22 heavy (non-hydrogen) atoms. The molecule has 0 aromatic carbocycles. The van der Waals surface area contributed by atoms with Crippen LogP contribution in [0.1, 0.15) is 45.4 Å². The predicted molar refractivity (Wildman–Crippen MR) is 82.1 cm³/mol. The van der Waals surface area contributed by atoms with Crippen LogP contribution < -0.4 is 5.73 Å². The molecule has 7 nitrogen and oxygen atoms in total. The molecular weight excluding hydrogens is 282 g/mol. The third-order valence-electron chi connectivity index (χ3n) is 4.15. The van der Waals surface area contributed by atoms with Crippen molar-refractivity contribution in [3.05, 3.63) is 12.1 Å². The Hall–Kier alpha value is -1.89. The van der Waals surface area contributed by atoms with E-state index >= 15 is 0 Å². The Bertz CT molecular complexity index is 655. The maximum Gasteiger partial charge on any atom is 0.253 e. The Morgan fingerprint density at radius 3 is 2.73 bits per heavy atom. The Balaban J connectivity index is 1.91. The van der Waals surface area contributed by atoms with Gasteiger partial charge in [-0.15, -0.1) is 10.2 Å². The van der Waals surface area contributed by atoms with Crippen LogP contribution in [-0.2, 0) is 11.8 Å². The number of hydrogen-bond acceptors (Lipinski definition) is 6. The van der Waals surface area contributed by atoms with Crippen LogP contribution in [0, 0.1) is 5.41 Å². The van der Waals surface area contributed by atoms with E-state index in [0.717, 1.165) is 19.4 Å². The first-order valence-electron chi connectivity index (χ1n) is 7.61. The minimum atomic E-state index is 0.0209. The fraction of sp³-hybridized carbons (Fsp3) is 0.667. The summed E-state index contributed by atoms with van der Waals surface area (Å²) in [4.78, 5) is 0. The fourth-order valence-corrected chi connectivity index (χ4v) is 2.99. The summed E-state index contributed by atoms with van der Waals surface area (Å²) in [7, 11) is 1.78. The maximum absolute atomic E-state index is 5.98. The molecule has 3 heterocycles. The van der Waals surface area contributed by atoms with Gasteiger partial charge < -0.3 is 14.9 Å². The molecule has 0 unspecified atom stereocenters. The highest BCUT2D eigenvalue weighted by molar-refractivity contribution is 5.66. The molecule has 0 amide bonds. The molecule has 2 atom stereocenters. The number of nitrogen functional groups attached to an aromatic ring is 1. The zero-order valence-corrected chi connectivity index (χ0v) is 13.5. The van der Waals surface area contributed by atoms with Gasteiger partial charge in [-0.25, -0.2) is 0 Å². The summed E-state index contributed by atoms with van der Waals surface area (Å²) in [5.41, 5.74) is 6.66. The second kappa shape index (κ2) is 5.39. The topological polar surface area (TPSA) is 92.0 Å². The standard InChI is InChI=1S/C15H23N5O2/c1-15(2,3)11-9(6-5-7-21-11)13-18-19-14(22-13)10-8-17-20(4)12(10)16/h8-9,11H,5-7,16H2,1-4H3/t9-,11-/m1/s1. The monoisotopic (exact) mass is 305 g/mol. The third-order valence-corrected chi connectivity index (χ3v) is 4.15. The van der Waals surface area contributed by atoms with Gasteiger partial charge in [0.1, 0.15) is 11.4 Å². The highest BCUT2D eigenvalue weighted by atomic mass is 16.5. The maximum atomic E-state index is 5.98. The van der Waals surface area contributed by atoms with Crippen molar-refractivity contribution in [3.8, 4) is 11.5 Å². The van der Waals surface area contributed by atoms with Crippen molar-refractivity contribution >= 4 is 5.82 Å². The highest BCUT2D eigenvalue weighted by Gasteiger charge is 2.39. The van der Waals surface area contributed by atoms with E-state index in [2.05, 4.69) is 36.1 Å². The van der Waals surface area contributed by atoms with Crippen molar-refractivity contribution in [1.82, 2.24) is 20.0 Å². The van der Waals surface area contributed by atoms with Crippen molar-refractivity contribution in [2.24, 2.45) is 12.5 Å². The van der Waals surface area contributed by atoms with Crippen molar-refractivity contribution in [2.45, 2.75) is 45.6 Å². The van der Waals surface area contributed by atoms with E-state index in [9.17, 15) is 0 Å². The first-order chi connectivity index (χ1) is 10.4. The molecule has 1 fully saturated rings. The lowest BCUT2D eigenvalue weighted by atomic mass is 9.78. The van der Waals surface area contributed by atoms with Crippen molar-refractivity contribution < 1.29 is 9.15 Å². The zero-order valence-electron chi connectivity index (χ0n) is 13.5. The lowest BCUT2D eigenvalue weighted by Crippen LogP contribution is -2.38. The van der Waals surface area contributed by atoms with Crippen LogP contribution in [0.4, 0.5) is 5.82 Å². The van der Waals surface area contributed by atoms with E-state index < -0.39 is 0 Å². The van der Waals surface area contributed by atoms with Crippen LogP contribution in [-0.4, -0.2) is 32.7 Å². The van der Waals surface area contributed by atoms with Gasteiger partial charge in [-0.3, -0.25) is 4.68 Å². The van der Waals surface area contributed by atoms with Crippen molar-refractivity contribution in [2.75, 3.05) is 12.3 Å². The number of aryl methyl sites for hydroxylation is 1. The second-order valence-electron chi connectivity index (χ2n) is 6.92. The Kier molecular flexibility index (Phi) is 3.68. The summed E-state index contributed by atoms with van der Waals surface area (Å²) in [6.45, 7) is 7.31. The predicted octanol–water partition coefficient (Wildman–Crippen LogP) is 2.36. The smallest absolute Gasteiger partial charge is 0.253 e. The average molecular weight is 305 g/mol. The SMILES string of the molecule is Cn1ncc(-c2nnc([C@@H]3CCCO[C@H]3C(C)(C)C)o2)c1N. The summed E-state index contributed by atoms with van der Waals surface area (Å²) in [5, 5.41) is 12.5. The number of anilines is 1. The largest absolute Gasteiger partial charge is 0.420 e. The molecule has 120 valence electrons. The Morgan fingerprint density at radius 2 is 2.09 bits per heavy atom. The van der Waals surface area contributed by atoms with Gasteiger partial charge in [-0.05, 0) is 18.3 Å². The van der Waals surface area contributed by atoms with E-state index in [4.69, 9.17) is 14.9 Å². The molecule has 2 aromatic heterocycles. The molecule has 2 aromatic rings. The summed E-state index contributed by atoms with van der Waals surface area (Å²) >= 11 is 0. The lowest BCUT2D eigenvalue weighted by Gasteiger charge is -2.38. The molecule has 1 aliphatic rings. The first-order valence-corrected chi connectivity index (χ1v) is 7.61. The van der Waals surface area contributed by atoms with E-state index in [-0.39, 0.29) is 17.4 Å².